The van der Waals surface area contributed by atoms with Crippen LogP contribution in [0.25, 0.3) is 0 Å². The first-order valence-corrected chi connectivity index (χ1v) is 2.10. The quantitative estimate of drug-likeness (QED) is 0.392. The average molecular weight is 102 g/mol. The fraction of sp³-hybridized carbons (Fsp3) is 0.750. The zero-order valence-electron chi connectivity index (χ0n) is 4.39. The van der Waals surface area contributed by atoms with Crippen LogP contribution in [-0.4, -0.2) is 36.9 Å². The Morgan fingerprint density at radius 3 is 2.57 bits per heavy atom. The van der Waals surface area contributed by atoms with Crippen LogP contribution in [0.4, 0.5) is 0 Å². The van der Waals surface area contributed by atoms with Crippen LogP contribution in [-0.2, 0) is 0 Å². The number of hydrogen-bond donors (Lipinski definition) is 0. The summed E-state index contributed by atoms with van der Waals surface area (Å²) in [5, 5.41) is 0. The van der Waals surface area contributed by atoms with Crippen LogP contribution in [0.1, 0.15) is 0 Å². The predicted molar refractivity (Wildman–Crippen MR) is 29.6 cm³/mol. The molecule has 0 aliphatic carbocycles. The molecule has 0 amide bonds. The second-order valence-corrected chi connectivity index (χ2v) is 1.50. The van der Waals surface area contributed by atoms with Crippen molar-refractivity contribution < 1.29 is 5.48 Å². The molecule has 0 aromatic heterocycles. The van der Waals surface area contributed by atoms with Crippen molar-refractivity contribution in [3.8, 4) is 0 Å². The Bertz CT molecular complexity index is 72.1. The molecule has 1 aliphatic heterocycles. The summed E-state index contributed by atoms with van der Waals surface area (Å²) in [5.41, 5.74) is 0. The van der Waals surface area contributed by atoms with E-state index in [2.05, 4.69) is 9.89 Å². The van der Waals surface area contributed by atoms with Gasteiger partial charge in [0.05, 0.1) is 12.9 Å². The Morgan fingerprint density at radius 1 is 1.71 bits per heavy atom. The van der Waals surface area contributed by atoms with Crippen molar-refractivity contribution in [3.05, 3.63) is 0 Å². The van der Waals surface area contributed by atoms with Crippen molar-refractivity contribution >= 4 is 6.34 Å². The molecule has 0 radical (unpaired) electrons. The second-order valence-electron chi connectivity index (χ2n) is 1.50. The molecule has 0 aromatic rings. The monoisotopic (exact) mass is 102 g/mol. The van der Waals surface area contributed by atoms with Gasteiger partial charge in [0, 0.05) is 13.6 Å². The first-order valence-electron chi connectivity index (χ1n) is 2.10. The minimum absolute atomic E-state index is 0. The van der Waals surface area contributed by atoms with Crippen molar-refractivity contribution in [1.29, 1.82) is 0 Å². The van der Waals surface area contributed by atoms with Crippen LogP contribution < -0.4 is 0 Å². The molecule has 3 nitrogen and oxygen atoms in total. The molecule has 3 heteroatoms. The van der Waals surface area contributed by atoms with E-state index in [0.717, 1.165) is 13.1 Å². The molecule has 0 saturated heterocycles. The van der Waals surface area contributed by atoms with Crippen LogP contribution >= 0.6 is 0 Å². The van der Waals surface area contributed by atoms with E-state index in [1.807, 2.05) is 13.4 Å². The van der Waals surface area contributed by atoms with Crippen LogP contribution in [0.2, 0.25) is 0 Å². The predicted octanol–water partition coefficient (Wildman–Crippen LogP) is -0.865. The lowest BCUT2D eigenvalue weighted by Crippen LogP contribution is -2.11. The number of hydrogen-bond acceptors (Lipinski definition) is 2. The van der Waals surface area contributed by atoms with Gasteiger partial charge >= 0.3 is 0 Å². The Balaban J connectivity index is 0.000000360. The van der Waals surface area contributed by atoms with Gasteiger partial charge in [-0.15, -0.1) is 0 Å². The number of aliphatic imine (C=N–C) groups is 1. The molecular formula is C4H10N2O. The summed E-state index contributed by atoms with van der Waals surface area (Å²) in [4.78, 5) is 6.03. The van der Waals surface area contributed by atoms with Crippen molar-refractivity contribution in [3.63, 3.8) is 0 Å². The Morgan fingerprint density at radius 2 is 2.43 bits per heavy atom. The summed E-state index contributed by atoms with van der Waals surface area (Å²) >= 11 is 0. The molecule has 7 heavy (non-hydrogen) atoms. The molecule has 0 aromatic carbocycles. The van der Waals surface area contributed by atoms with Gasteiger partial charge in [0.15, 0.2) is 0 Å². The number of likely N-dealkylation sites (N-methyl/N-ethyl adjacent to an activating group) is 1. The summed E-state index contributed by atoms with van der Waals surface area (Å²) in [7, 11) is 2.02. The lowest BCUT2D eigenvalue weighted by molar-refractivity contribution is 0.568. The van der Waals surface area contributed by atoms with Crippen molar-refractivity contribution in [1.82, 2.24) is 4.90 Å². The average Bonchev–Trinajstić information content (AvgIpc) is 1.86. The van der Waals surface area contributed by atoms with Crippen LogP contribution in [0.3, 0.4) is 0 Å². The van der Waals surface area contributed by atoms with E-state index in [9.17, 15) is 0 Å². The highest BCUT2D eigenvalue weighted by Gasteiger charge is 1.94. The molecule has 0 spiro atoms. The molecule has 1 rings (SSSR count). The summed E-state index contributed by atoms with van der Waals surface area (Å²) in [6.45, 7) is 2.08. The maximum absolute atomic E-state index is 3.97. The molecule has 0 unspecified atom stereocenters. The maximum Gasteiger partial charge on any atom is 0.0848 e. The lowest BCUT2D eigenvalue weighted by atomic mass is 10.6. The lowest BCUT2D eigenvalue weighted by Gasteiger charge is -1.99. The molecule has 0 fully saturated rings. The number of nitrogens with zero attached hydrogens (tertiary/aromatic N) is 2. The maximum atomic E-state index is 3.97. The van der Waals surface area contributed by atoms with E-state index >= 15 is 0 Å². The van der Waals surface area contributed by atoms with Gasteiger partial charge in [0.1, 0.15) is 0 Å². The van der Waals surface area contributed by atoms with Gasteiger partial charge in [0.2, 0.25) is 0 Å². The van der Waals surface area contributed by atoms with Gasteiger partial charge in [-0.3, -0.25) is 4.99 Å². The minimum Gasteiger partial charge on any atom is -0.412 e. The highest BCUT2D eigenvalue weighted by Crippen LogP contribution is 1.84. The highest BCUT2D eigenvalue weighted by atomic mass is 16.0. The van der Waals surface area contributed by atoms with E-state index in [-0.39, 0.29) is 5.48 Å². The smallest absolute Gasteiger partial charge is 0.0848 e. The molecule has 1 heterocycles. The summed E-state index contributed by atoms with van der Waals surface area (Å²) in [5.74, 6) is 0. The summed E-state index contributed by atoms with van der Waals surface area (Å²) < 4.78 is 0. The molecule has 42 valence electrons. The van der Waals surface area contributed by atoms with Gasteiger partial charge in [-0.25, -0.2) is 0 Å². The highest BCUT2D eigenvalue weighted by molar-refractivity contribution is 5.56. The first kappa shape index (κ1) is 6.43. The van der Waals surface area contributed by atoms with Gasteiger partial charge in [-0.05, 0) is 0 Å². The van der Waals surface area contributed by atoms with E-state index in [1.165, 1.54) is 0 Å². The number of rotatable bonds is 0. The van der Waals surface area contributed by atoms with E-state index in [1.54, 1.807) is 0 Å². The topological polar surface area (TPSA) is 47.1 Å². The third kappa shape index (κ3) is 1.55. The zero-order chi connectivity index (χ0) is 4.41. The normalized spacial score (nSPS) is 17.0. The first-order chi connectivity index (χ1) is 2.89. The minimum atomic E-state index is 0. The third-order valence-electron chi connectivity index (χ3n) is 0.861. The molecule has 0 atom stereocenters. The van der Waals surface area contributed by atoms with E-state index in [4.69, 9.17) is 0 Å². The van der Waals surface area contributed by atoms with E-state index < -0.39 is 0 Å². The molecule has 2 N–H and O–H groups in total. The largest absolute Gasteiger partial charge is 0.412 e. The molecule has 1 aliphatic rings. The molecular weight excluding hydrogens is 92.1 g/mol. The third-order valence-corrected chi connectivity index (χ3v) is 0.861. The van der Waals surface area contributed by atoms with Crippen LogP contribution in [0.15, 0.2) is 4.99 Å². The van der Waals surface area contributed by atoms with Gasteiger partial charge in [0.25, 0.3) is 0 Å². The van der Waals surface area contributed by atoms with Crippen LogP contribution in [0.5, 0.6) is 0 Å². The van der Waals surface area contributed by atoms with Gasteiger partial charge < -0.3 is 10.4 Å². The SMILES string of the molecule is CN1C=NCC1.O. The van der Waals surface area contributed by atoms with Gasteiger partial charge in [-0.1, -0.05) is 0 Å². The van der Waals surface area contributed by atoms with E-state index in [0.29, 0.717) is 0 Å². The van der Waals surface area contributed by atoms with Crippen LogP contribution in [0, 0.1) is 0 Å². The Kier molecular flexibility index (Phi) is 2.37. The fourth-order valence-electron chi connectivity index (χ4n) is 0.470. The Hall–Kier alpha value is -0.570. The molecule has 0 saturated carbocycles. The molecule has 0 bridgehead atoms. The van der Waals surface area contributed by atoms with Crippen molar-refractivity contribution in [2.45, 2.75) is 0 Å². The second kappa shape index (κ2) is 2.58. The summed E-state index contributed by atoms with van der Waals surface area (Å²) in [6.07, 6.45) is 1.86. The Labute approximate surface area is 43.0 Å². The zero-order valence-corrected chi connectivity index (χ0v) is 4.39. The van der Waals surface area contributed by atoms with Crippen molar-refractivity contribution in [2.75, 3.05) is 20.1 Å². The summed E-state index contributed by atoms with van der Waals surface area (Å²) in [6, 6.07) is 0. The standard InChI is InChI=1S/C4H8N2.H2O/c1-6-3-2-5-4-6;/h4H,2-3H2,1H3;1H2. The fourth-order valence-corrected chi connectivity index (χ4v) is 0.470. The van der Waals surface area contributed by atoms with Gasteiger partial charge in [-0.2, -0.15) is 0 Å². The van der Waals surface area contributed by atoms with Crippen molar-refractivity contribution in [2.24, 2.45) is 4.99 Å².